The molecule has 3 aliphatic rings. The van der Waals surface area contributed by atoms with Crippen LogP contribution in [0.3, 0.4) is 0 Å². The molecule has 1 aliphatic carbocycles. The molecule has 8 nitrogen and oxygen atoms in total. The van der Waals surface area contributed by atoms with Crippen LogP contribution in [0.1, 0.15) is 76.0 Å². The van der Waals surface area contributed by atoms with Gasteiger partial charge in [-0.15, -0.1) is 0 Å². The van der Waals surface area contributed by atoms with Gasteiger partial charge in [-0.05, 0) is 85.6 Å². The number of imide groups is 1. The number of nitrogens with zero attached hydrogens (tertiary/aromatic N) is 2. The molecule has 0 bridgehead atoms. The molecule has 2 amide bonds. The zero-order chi connectivity index (χ0) is 29.6. The van der Waals surface area contributed by atoms with E-state index < -0.39 is 5.97 Å². The van der Waals surface area contributed by atoms with E-state index in [-0.39, 0.29) is 47.8 Å². The van der Waals surface area contributed by atoms with E-state index in [4.69, 9.17) is 9.84 Å². The van der Waals surface area contributed by atoms with Crippen LogP contribution in [0, 0.1) is 17.8 Å². The third kappa shape index (κ3) is 6.49. The molecule has 222 valence electrons. The highest BCUT2D eigenvalue weighted by Crippen LogP contribution is 2.51. The van der Waals surface area contributed by atoms with Crippen molar-refractivity contribution >= 4 is 29.4 Å². The van der Waals surface area contributed by atoms with Gasteiger partial charge in [0.15, 0.2) is 0 Å². The molecule has 2 N–H and O–H groups in total. The first-order valence-corrected chi connectivity index (χ1v) is 15.2. The molecule has 0 saturated carbocycles. The Labute approximate surface area is 247 Å². The average Bonchev–Trinajstić information content (AvgIpc) is 3.50. The monoisotopic (exact) mass is 572 g/mol. The summed E-state index contributed by atoms with van der Waals surface area (Å²) in [6.07, 6.45) is 9.54. The van der Waals surface area contributed by atoms with Gasteiger partial charge in [-0.1, -0.05) is 43.5 Å². The summed E-state index contributed by atoms with van der Waals surface area (Å²) < 4.78 is 6.41. The molecule has 2 aliphatic heterocycles. The van der Waals surface area contributed by atoms with Gasteiger partial charge < -0.3 is 14.9 Å². The summed E-state index contributed by atoms with van der Waals surface area (Å²) in [6, 6.07) is 13.0. The second kappa shape index (κ2) is 13.5. The van der Waals surface area contributed by atoms with Crippen LogP contribution in [0.25, 0.3) is 11.6 Å². The molecule has 3 heterocycles. The summed E-state index contributed by atoms with van der Waals surface area (Å²) in [4.78, 5) is 43.9. The van der Waals surface area contributed by atoms with Crippen molar-refractivity contribution in [2.75, 3.05) is 13.2 Å². The predicted molar refractivity (Wildman–Crippen MR) is 159 cm³/mol. The molecule has 2 aromatic rings. The molecule has 2 fully saturated rings. The summed E-state index contributed by atoms with van der Waals surface area (Å²) in [6.45, 7) is 2.93. The number of hydrogen-bond donors (Lipinski definition) is 2. The molecule has 0 radical (unpaired) electrons. The number of benzene rings is 1. The maximum Gasteiger partial charge on any atom is 0.303 e. The van der Waals surface area contributed by atoms with Crippen LogP contribution in [-0.2, 0) is 19.1 Å². The molecule has 0 unspecified atom stereocenters. The van der Waals surface area contributed by atoms with Crippen LogP contribution < -0.4 is 0 Å². The number of pyridine rings is 1. The first kappa shape index (κ1) is 29.7. The van der Waals surface area contributed by atoms with Gasteiger partial charge in [0, 0.05) is 25.1 Å². The Morgan fingerprint density at radius 3 is 2.67 bits per heavy atom. The van der Waals surface area contributed by atoms with E-state index in [1.807, 2.05) is 30.3 Å². The van der Waals surface area contributed by atoms with Crippen LogP contribution in [0.5, 0.6) is 5.75 Å². The number of carbonyl (C=O) groups excluding carboxylic acids is 2. The zero-order valence-corrected chi connectivity index (χ0v) is 24.2. The lowest BCUT2D eigenvalue weighted by Crippen LogP contribution is -2.34. The Kier molecular flexibility index (Phi) is 9.52. The number of fused-ring (bicyclic) bond motifs is 3. The Balaban J connectivity index is 1.33. The van der Waals surface area contributed by atoms with E-state index in [2.05, 4.69) is 18.0 Å². The SMILES string of the molecule is CCCC1=C2[C@@H](CC/C(=C/c3cccc(O)c3)c3ccccn3)OC[C@@H]2[C@@H]2C(=O)N(CCCCCC(=O)O)C(=O)[C@@H]2C1. The van der Waals surface area contributed by atoms with E-state index in [0.29, 0.717) is 45.3 Å². The fourth-order valence-electron chi connectivity index (χ4n) is 6.95. The van der Waals surface area contributed by atoms with Crippen LogP contribution in [-0.4, -0.2) is 57.1 Å². The average molecular weight is 573 g/mol. The molecular weight excluding hydrogens is 532 g/mol. The number of ether oxygens (including phenoxy) is 1. The number of allylic oxidation sites excluding steroid dienone is 2. The van der Waals surface area contributed by atoms with Gasteiger partial charge in [-0.3, -0.25) is 24.3 Å². The van der Waals surface area contributed by atoms with Crippen LogP contribution in [0.4, 0.5) is 0 Å². The van der Waals surface area contributed by atoms with Crippen LogP contribution in [0.2, 0.25) is 0 Å². The fourth-order valence-corrected chi connectivity index (χ4v) is 6.95. The molecule has 2 saturated heterocycles. The fraction of sp³-hybridized carbons (Fsp3) is 0.471. The number of hydrogen-bond acceptors (Lipinski definition) is 6. The van der Waals surface area contributed by atoms with Gasteiger partial charge in [0.1, 0.15) is 5.75 Å². The van der Waals surface area contributed by atoms with E-state index in [9.17, 15) is 19.5 Å². The van der Waals surface area contributed by atoms with E-state index in [0.717, 1.165) is 36.1 Å². The first-order valence-electron chi connectivity index (χ1n) is 15.2. The lowest BCUT2D eigenvalue weighted by atomic mass is 9.68. The first-order chi connectivity index (χ1) is 20.4. The second-order valence-corrected chi connectivity index (χ2v) is 11.6. The van der Waals surface area contributed by atoms with Crippen molar-refractivity contribution in [3.63, 3.8) is 0 Å². The zero-order valence-electron chi connectivity index (χ0n) is 24.2. The van der Waals surface area contributed by atoms with Gasteiger partial charge in [0.25, 0.3) is 0 Å². The number of amides is 2. The Morgan fingerprint density at radius 1 is 1.07 bits per heavy atom. The number of phenolic OH excluding ortho intramolecular Hbond substituents is 1. The predicted octanol–water partition coefficient (Wildman–Crippen LogP) is 5.87. The normalized spacial score (nSPS) is 23.8. The molecule has 5 rings (SSSR count). The summed E-state index contributed by atoms with van der Waals surface area (Å²) in [5.74, 6) is -1.58. The van der Waals surface area contributed by atoms with Crippen molar-refractivity contribution in [3.05, 3.63) is 71.1 Å². The maximum atomic E-state index is 13.6. The largest absolute Gasteiger partial charge is 0.508 e. The molecule has 4 atom stereocenters. The standard InChI is InChI=1S/C34H40N2O6/c1-2-9-24-20-26-32(34(41)36(33(26)40)17-7-3-4-13-30(38)39)27-21-42-29(31(24)27)15-14-23(28-12-5-6-16-35-28)18-22-10-8-11-25(37)19-22/h5-6,8,10-12,16,18-19,26-27,29,32,37H,2-4,7,9,13-15,17,20-21H2,1H3,(H,38,39)/b23-18-/t26-,27+,29-,32-/m1/s1. The lowest BCUT2D eigenvalue weighted by molar-refractivity contribution is -0.141. The minimum absolute atomic E-state index is 0.0779. The van der Waals surface area contributed by atoms with E-state index >= 15 is 0 Å². The highest BCUT2D eigenvalue weighted by molar-refractivity contribution is 6.06. The molecule has 8 heteroatoms. The number of carboxylic acid groups (broad SMARTS) is 1. The molecular formula is C34H40N2O6. The van der Waals surface area contributed by atoms with Gasteiger partial charge >= 0.3 is 5.97 Å². The van der Waals surface area contributed by atoms with Crippen molar-refractivity contribution < 1.29 is 29.3 Å². The van der Waals surface area contributed by atoms with Crippen molar-refractivity contribution in [3.8, 4) is 5.75 Å². The summed E-state index contributed by atoms with van der Waals surface area (Å²) >= 11 is 0. The number of unbranched alkanes of at least 4 members (excludes halogenated alkanes) is 2. The highest BCUT2D eigenvalue weighted by atomic mass is 16.5. The maximum absolute atomic E-state index is 13.6. The Bertz CT molecular complexity index is 1370. The number of likely N-dealkylation sites (tertiary alicyclic amines) is 1. The van der Waals surface area contributed by atoms with Gasteiger partial charge in [0.05, 0.1) is 30.2 Å². The minimum atomic E-state index is -0.825. The highest BCUT2D eigenvalue weighted by Gasteiger charge is 2.56. The van der Waals surface area contributed by atoms with Gasteiger partial charge in [0.2, 0.25) is 11.8 Å². The number of aromatic hydroxyl groups is 1. The third-order valence-corrected chi connectivity index (χ3v) is 8.80. The molecule has 0 spiro atoms. The summed E-state index contributed by atoms with van der Waals surface area (Å²) in [7, 11) is 0. The van der Waals surface area contributed by atoms with Crippen molar-refractivity contribution in [2.45, 2.75) is 70.8 Å². The number of carboxylic acids is 1. The smallest absolute Gasteiger partial charge is 0.303 e. The molecule has 42 heavy (non-hydrogen) atoms. The third-order valence-electron chi connectivity index (χ3n) is 8.80. The van der Waals surface area contributed by atoms with E-state index in [1.54, 1.807) is 18.3 Å². The van der Waals surface area contributed by atoms with Crippen molar-refractivity contribution in [2.24, 2.45) is 17.8 Å². The van der Waals surface area contributed by atoms with Crippen molar-refractivity contribution in [1.82, 2.24) is 9.88 Å². The van der Waals surface area contributed by atoms with Crippen molar-refractivity contribution in [1.29, 1.82) is 0 Å². The summed E-state index contributed by atoms with van der Waals surface area (Å²) in [5.41, 5.74) is 5.30. The quantitative estimate of drug-likeness (QED) is 0.175. The number of rotatable bonds is 13. The topological polar surface area (TPSA) is 117 Å². The van der Waals surface area contributed by atoms with Crippen LogP contribution >= 0.6 is 0 Å². The number of aliphatic carboxylic acids is 1. The van der Waals surface area contributed by atoms with Gasteiger partial charge in [-0.2, -0.15) is 0 Å². The number of phenols is 1. The lowest BCUT2D eigenvalue weighted by Gasteiger charge is -2.32. The number of aromatic nitrogens is 1. The Hall–Kier alpha value is -3.78. The summed E-state index contributed by atoms with van der Waals surface area (Å²) in [5, 5.41) is 18.9. The second-order valence-electron chi connectivity index (χ2n) is 11.6. The Morgan fingerprint density at radius 2 is 1.93 bits per heavy atom. The molecule has 1 aromatic heterocycles. The van der Waals surface area contributed by atoms with E-state index in [1.165, 1.54) is 16.0 Å². The van der Waals surface area contributed by atoms with Gasteiger partial charge in [-0.25, -0.2) is 0 Å². The number of carbonyl (C=O) groups is 3. The minimum Gasteiger partial charge on any atom is -0.508 e. The van der Waals surface area contributed by atoms with Crippen LogP contribution in [0.15, 0.2) is 59.8 Å². The molecule has 1 aromatic carbocycles.